The van der Waals surface area contributed by atoms with Crippen LogP contribution in [0, 0.1) is 28.6 Å². The summed E-state index contributed by atoms with van der Waals surface area (Å²) in [5, 5.41) is 11.1. The highest BCUT2D eigenvalue weighted by molar-refractivity contribution is 5.76. The Balaban J connectivity index is 1.80. The maximum absolute atomic E-state index is 12.4. The lowest BCUT2D eigenvalue weighted by Crippen LogP contribution is -2.59. The molecule has 4 fully saturated rings. The van der Waals surface area contributed by atoms with E-state index in [0.29, 0.717) is 0 Å². The average Bonchev–Trinajstić information content (AvgIpc) is 2.36. The fourth-order valence-electron chi connectivity index (χ4n) is 5.25. The summed E-state index contributed by atoms with van der Waals surface area (Å²) in [7, 11) is 0. The number of hydrogen-bond donors (Lipinski definition) is 1. The highest BCUT2D eigenvalue weighted by Gasteiger charge is 2.60. The van der Waals surface area contributed by atoms with E-state index in [0.717, 1.165) is 43.4 Å². The van der Waals surface area contributed by atoms with Gasteiger partial charge in [0.25, 0.3) is 0 Å². The van der Waals surface area contributed by atoms with Gasteiger partial charge in [-0.3, -0.25) is 4.79 Å². The Morgan fingerprint density at radius 3 is 1.90 bits per heavy atom. The van der Waals surface area contributed by atoms with Crippen LogP contribution in [0.1, 0.15) is 72.6 Å². The quantitative estimate of drug-likeness (QED) is 0.632. The molecule has 0 spiro atoms. The molecule has 1 N–H and O–H groups in total. The van der Waals surface area contributed by atoms with Crippen molar-refractivity contribution in [2.24, 2.45) is 28.6 Å². The highest BCUT2D eigenvalue weighted by atomic mass is 16.7. The number of carbonyl (C=O) groups excluding carboxylic acids is 1. The Kier molecular flexibility index (Phi) is 3.44. The van der Waals surface area contributed by atoms with Gasteiger partial charge < -0.3 is 9.84 Å². The van der Waals surface area contributed by atoms with Crippen LogP contribution in [0.2, 0.25) is 0 Å². The lowest BCUT2D eigenvalue weighted by atomic mass is 9.47. The molecule has 4 saturated carbocycles. The van der Waals surface area contributed by atoms with Crippen LogP contribution < -0.4 is 0 Å². The Morgan fingerprint density at radius 1 is 1.10 bits per heavy atom. The second kappa shape index (κ2) is 4.71. The Labute approximate surface area is 128 Å². The van der Waals surface area contributed by atoms with Gasteiger partial charge in [0.05, 0.1) is 5.41 Å². The van der Waals surface area contributed by atoms with Gasteiger partial charge in [-0.05, 0) is 76.5 Å². The van der Waals surface area contributed by atoms with Crippen molar-refractivity contribution in [1.82, 2.24) is 0 Å². The van der Waals surface area contributed by atoms with Gasteiger partial charge in [-0.2, -0.15) is 0 Å². The van der Waals surface area contributed by atoms with Gasteiger partial charge in [-0.15, -0.1) is 0 Å². The van der Waals surface area contributed by atoms with Crippen LogP contribution >= 0.6 is 0 Å². The van der Waals surface area contributed by atoms with E-state index < -0.39 is 11.2 Å². The highest BCUT2D eigenvalue weighted by Crippen LogP contribution is 2.64. The predicted octanol–water partition coefficient (Wildman–Crippen LogP) is 3.89. The molecule has 0 saturated heterocycles. The van der Waals surface area contributed by atoms with Crippen molar-refractivity contribution in [3.63, 3.8) is 0 Å². The third-order valence-electron chi connectivity index (χ3n) is 6.75. The van der Waals surface area contributed by atoms with E-state index in [9.17, 15) is 9.90 Å². The van der Waals surface area contributed by atoms with Crippen LogP contribution in [0.15, 0.2) is 0 Å². The first-order valence-electron chi connectivity index (χ1n) is 8.63. The van der Waals surface area contributed by atoms with Crippen molar-refractivity contribution in [2.75, 3.05) is 0 Å². The van der Waals surface area contributed by atoms with E-state index in [2.05, 4.69) is 0 Å². The standard InChI is InChI=1S/C18H30O3/c1-5-16(2,3)15(19)21-17(4,20)18-9-12-6-13(10-18)8-14(7-12)11-18/h12-14,20H,5-11H2,1-4H3. The minimum Gasteiger partial charge on any atom is -0.433 e. The van der Waals surface area contributed by atoms with E-state index in [1.54, 1.807) is 6.92 Å². The van der Waals surface area contributed by atoms with Crippen LogP contribution in [0.4, 0.5) is 0 Å². The normalized spacial score (nSPS) is 40.9. The molecule has 0 amide bonds. The fourth-order valence-corrected chi connectivity index (χ4v) is 5.25. The van der Waals surface area contributed by atoms with Gasteiger partial charge >= 0.3 is 5.97 Å². The summed E-state index contributed by atoms with van der Waals surface area (Å²) in [5.41, 5.74) is -0.715. The zero-order valence-corrected chi connectivity index (χ0v) is 13.9. The van der Waals surface area contributed by atoms with Crippen LogP contribution in [-0.2, 0) is 9.53 Å². The summed E-state index contributed by atoms with van der Waals surface area (Å²) in [6, 6.07) is 0. The van der Waals surface area contributed by atoms with Crippen molar-refractivity contribution in [3.05, 3.63) is 0 Å². The molecule has 3 nitrogen and oxygen atoms in total. The van der Waals surface area contributed by atoms with Crippen molar-refractivity contribution in [3.8, 4) is 0 Å². The molecular weight excluding hydrogens is 264 g/mol. The summed E-state index contributed by atoms with van der Waals surface area (Å²) in [4.78, 5) is 12.4. The first-order chi connectivity index (χ1) is 9.67. The van der Waals surface area contributed by atoms with E-state index in [1.807, 2.05) is 20.8 Å². The van der Waals surface area contributed by atoms with E-state index in [-0.39, 0.29) is 11.4 Å². The number of carbonyl (C=O) groups is 1. The second-order valence-electron chi connectivity index (χ2n) is 8.81. The van der Waals surface area contributed by atoms with Crippen molar-refractivity contribution >= 4 is 5.97 Å². The van der Waals surface area contributed by atoms with E-state index in [1.165, 1.54) is 19.3 Å². The van der Waals surface area contributed by atoms with Crippen molar-refractivity contribution in [1.29, 1.82) is 0 Å². The summed E-state index contributed by atoms with van der Waals surface area (Å²) in [6.45, 7) is 7.51. The summed E-state index contributed by atoms with van der Waals surface area (Å²) < 4.78 is 5.70. The molecule has 0 heterocycles. The largest absolute Gasteiger partial charge is 0.433 e. The lowest BCUT2D eigenvalue weighted by Gasteiger charge is -2.60. The molecule has 4 aliphatic rings. The molecule has 0 aromatic heterocycles. The van der Waals surface area contributed by atoms with E-state index in [4.69, 9.17) is 4.74 Å². The molecule has 4 rings (SSSR count). The lowest BCUT2D eigenvalue weighted by molar-refractivity contribution is -0.290. The third-order valence-corrected chi connectivity index (χ3v) is 6.75. The van der Waals surface area contributed by atoms with Crippen molar-refractivity contribution in [2.45, 2.75) is 78.4 Å². The first kappa shape index (κ1) is 15.3. The molecule has 21 heavy (non-hydrogen) atoms. The Bertz CT molecular complexity index is 400. The molecule has 0 radical (unpaired) electrons. The van der Waals surface area contributed by atoms with Gasteiger partial charge in [0.1, 0.15) is 0 Å². The zero-order chi connectivity index (χ0) is 15.5. The van der Waals surface area contributed by atoms with Crippen LogP contribution in [0.3, 0.4) is 0 Å². The minimum absolute atomic E-state index is 0.193. The Morgan fingerprint density at radius 2 is 1.52 bits per heavy atom. The fraction of sp³-hybridized carbons (Fsp3) is 0.944. The molecule has 0 aromatic rings. The molecule has 1 atom stereocenters. The molecule has 4 bridgehead atoms. The van der Waals surface area contributed by atoms with Gasteiger partial charge in [0.15, 0.2) is 0 Å². The third kappa shape index (κ3) is 2.42. The minimum atomic E-state index is -1.31. The van der Waals surface area contributed by atoms with Gasteiger partial charge in [0, 0.05) is 12.3 Å². The average molecular weight is 294 g/mol. The number of rotatable bonds is 4. The monoisotopic (exact) mass is 294 g/mol. The van der Waals surface area contributed by atoms with E-state index >= 15 is 0 Å². The SMILES string of the molecule is CCC(C)(C)C(=O)OC(C)(O)C12CC3CC(CC(C3)C1)C2. The number of aliphatic hydroxyl groups is 1. The predicted molar refractivity (Wildman–Crippen MR) is 81.4 cm³/mol. The number of ether oxygens (including phenoxy) is 1. The topological polar surface area (TPSA) is 46.5 Å². The zero-order valence-electron chi connectivity index (χ0n) is 13.9. The molecule has 120 valence electrons. The van der Waals surface area contributed by atoms with Gasteiger partial charge in [-0.1, -0.05) is 6.92 Å². The first-order valence-corrected chi connectivity index (χ1v) is 8.63. The number of hydrogen-bond acceptors (Lipinski definition) is 3. The van der Waals surface area contributed by atoms with Crippen molar-refractivity contribution < 1.29 is 14.6 Å². The molecule has 3 heteroatoms. The molecule has 0 aliphatic heterocycles. The van der Waals surface area contributed by atoms with Crippen LogP contribution in [0.5, 0.6) is 0 Å². The summed E-state index contributed by atoms with van der Waals surface area (Å²) in [6.07, 6.45) is 7.80. The van der Waals surface area contributed by atoms with Gasteiger partial charge in [-0.25, -0.2) is 0 Å². The summed E-state index contributed by atoms with van der Waals surface area (Å²) >= 11 is 0. The Hall–Kier alpha value is -0.570. The van der Waals surface area contributed by atoms with Crippen LogP contribution in [-0.4, -0.2) is 16.9 Å². The summed E-state index contributed by atoms with van der Waals surface area (Å²) in [5.74, 6) is 0.639. The van der Waals surface area contributed by atoms with Crippen LogP contribution in [0.25, 0.3) is 0 Å². The maximum Gasteiger partial charge on any atom is 0.314 e. The molecular formula is C18H30O3. The smallest absolute Gasteiger partial charge is 0.314 e. The second-order valence-corrected chi connectivity index (χ2v) is 8.81. The maximum atomic E-state index is 12.4. The van der Waals surface area contributed by atoms with Gasteiger partial charge in [0.2, 0.25) is 5.79 Å². The molecule has 1 unspecified atom stereocenters. The number of esters is 1. The molecule has 4 aliphatic carbocycles. The molecule has 0 aromatic carbocycles.